The van der Waals surface area contributed by atoms with Crippen molar-refractivity contribution < 1.29 is 18.3 Å². The molecule has 0 aromatic carbocycles. The predicted octanol–water partition coefficient (Wildman–Crippen LogP) is 2.13. The van der Waals surface area contributed by atoms with Crippen molar-refractivity contribution >= 4 is 33.2 Å². The standard InChI is InChI=1S/C12H17NO4S2/c1-3-7-19(16,17)8-11-13-9(4-2)10(18-11)5-6-12(14)15/h5-6H,3-4,7-8H2,1-2H3,(H,14,15)/b6-5+. The predicted molar refractivity (Wildman–Crippen MR) is 75.9 cm³/mol. The number of hydrogen-bond donors (Lipinski definition) is 1. The minimum atomic E-state index is -3.12. The van der Waals surface area contributed by atoms with Gasteiger partial charge in [0.25, 0.3) is 0 Å². The van der Waals surface area contributed by atoms with E-state index >= 15 is 0 Å². The number of carboxylic acids is 1. The summed E-state index contributed by atoms with van der Waals surface area (Å²) in [6.45, 7) is 3.72. The van der Waals surface area contributed by atoms with Crippen LogP contribution in [-0.4, -0.2) is 30.2 Å². The molecule has 1 aromatic heterocycles. The van der Waals surface area contributed by atoms with Crippen molar-refractivity contribution in [2.24, 2.45) is 0 Å². The monoisotopic (exact) mass is 303 g/mol. The van der Waals surface area contributed by atoms with Crippen LogP contribution in [0, 0.1) is 0 Å². The number of aromatic nitrogens is 1. The van der Waals surface area contributed by atoms with Crippen LogP contribution in [0.15, 0.2) is 6.08 Å². The minimum Gasteiger partial charge on any atom is -0.478 e. The summed E-state index contributed by atoms with van der Waals surface area (Å²) < 4.78 is 23.5. The summed E-state index contributed by atoms with van der Waals surface area (Å²) in [7, 11) is -3.12. The number of aryl methyl sites for hydroxylation is 1. The van der Waals surface area contributed by atoms with E-state index in [1.807, 2.05) is 13.8 Å². The van der Waals surface area contributed by atoms with Gasteiger partial charge in [-0.3, -0.25) is 0 Å². The van der Waals surface area contributed by atoms with Gasteiger partial charge in [0.15, 0.2) is 9.84 Å². The van der Waals surface area contributed by atoms with Gasteiger partial charge < -0.3 is 5.11 Å². The molecule has 19 heavy (non-hydrogen) atoms. The molecule has 1 N–H and O–H groups in total. The fourth-order valence-electron chi connectivity index (χ4n) is 1.58. The van der Waals surface area contributed by atoms with Gasteiger partial charge in [-0.25, -0.2) is 18.2 Å². The lowest BCUT2D eigenvalue weighted by atomic mass is 10.3. The molecule has 0 unspecified atom stereocenters. The zero-order valence-electron chi connectivity index (χ0n) is 10.9. The molecule has 0 radical (unpaired) electrons. The third kappa shape index (κ3) is 5.12. The Kier molecular flexibility index (Phi) is 5.68. The molecule has 1 aromatic rings. The lowest BCUT2D eigenvalue weighted by molar-refractivity contribution is -0.131. The second kappa shape index (κ2) is 6.81. The van der Waals surface area contributed by atoms with Gasteiger partial charge in [0.1, 0.15) is 10.8 Å². The maximum atomic E-state index is 11.7. The molecule has 0 bridgehead atoms. The van der Waals surface area contributed by atoms with Gasteiger partial charge in [0.05, 0.1) is 16.3 Å². The third-order valence-electron chi connectivity index (χ3n) is 2.34. The number of nitrogens with zero attached hydrogens (tertiary/aromatic N) is 1. The van der Waals surface area contributed by atoms with Crippen LogP contribution >= 0.6 is 11.3 Å². The van der Waals surface area contributed by atoms with Crippen molar-refractivity contribution in [1.82, 2.24) is 4.98 Å². The average Bonchev–Trinajstić information content (AvgIpc) is 2.67. The zero-order valence-corrected chi connectivity index (χ0v) is 12.6. The molecule has 0 amide bonds. The SMILES string of the molecule is CCCS(=O)(=O)Cc1nc(CC)c(/C=C/C(=O)O)s1. The first-order valence-electron chi connectivity index (χ1n) is 5.98. The Morgan fingerprint density at radius 1 is 1.42 bits per heavy atom. The van der Waals surface area contributed by atoms with E-state index in [0.29, 0.717) is 22.7 Å². The molecule has 0 saturated heterocycles. The van der Waals surface area contributed by atoms with Crippen molar-refractivity contribution in [3.63, 3.8) is 0 Å². The molecule has 1 rings (SSSR count). The molecule has 0 atom stereocenters. The Balaban J connectivity index is 2.96. The van der Waals surface area contributed by atoms with E-state index < -0.39 is 15.8 Å². The molecule has 0 aliphatic rings. The summed E-state index contributed by atoms with van der Waals surface area (Å²) in [5.74, 6) is -0.955. The second-order valence-corrected chi connectivity index (χ2v) is 7.33. The first kappa shape index (κ1) is 15.8. The van der Waals surface area contributed by atoms with E-state index in [-0.39, 0.29) is 11.5 Å². The summed E-state index contributed by atoms with van der Waals surface area (Å²) in [5.41, 5.74) is 0.740. The van der Waals surface area contributed by atoms with Crippen LogP contribution in [0.5, 0.6) is 0 Å². The molecule has 0 fully saturated rings. The first-order chi connectivity index (χ1) is 8.88. The lowest BCUT2D eigenvalue weighted by Gasteiger charge is -1.98. The summed E-state index contributed by atoms with van der Waals surface area (Å²) in [4.78, 5) is 15.5. The highest BCUT2D eigenvalue weighted by molar-refractivity contribution is 7.90. The van der Waals surface area contributed by atoms with E-state index in [0.717, 1.165) is 11.8 Å². The van der Waals surface area contributed by atoms with Crippen molar-refractivity contribution in [3.8, 4) is 0 Å². The number of carboxylic acid groups (broad SMARTS) is 1. The lowest BCUT2D eigenvalue weighted by Crippen LogP contribution is -2.08. The topological polar surface area (TPSA) is 84.3 Å². The van der Waals surface area contributed by atoms with Crippen LogP contribution in [-0.2, 0) is 26.8 Å². The maximum Gasteiger partial charge on any atom is 0.328 e. The van der Waals surface area contributed by atoms with Gasteiger partial charge in [-0.05, 0) is 18.9 Å². The summed E-state index contributed by atoms with van der Waals surface area (Å²) in [5, 5.41) is 9.13. The van der Waals surface area contributed by atoms with Gasteiger partial charge in [-0.15, -0.1) is 11.3 Å². The van der Waals surface area contributed by atoms with Crippen molar-refractivity contribution in [2.75, 3.05) is 5.75 Å². The van der Waals surface area contributed by atoms with Crippen LogP contribution in [0.25, 0.3) is 6.08 Å². The molecule has 7 heteroatoms. The van der Waals surface area contributed by atoms with Gasteiger partial charge in [-0.1, -0.05) is 13.8 Å². The highest BCUT2D eigenvalue weighted by Gasteiger charge is 2.15. The zero-order chi connectivity index (χ0) is 14.5. The first-order valence-corrected chi connectivity index (χ1v) is 8.61. The molecule has 1 heterocycles. The van der Waals surface area contributed by atoms with Crippen molar-refractivity contribution in [2.45, 2.75) is 32.4 Å². The van der Waals surface area contributed by atoms with Crippen LogP contribution in [0.2, 0.25) is 0 Å². The molecule has 0 aliphatic heterocycles. The van der Waals surface area contributed by atoms with Crippen molar-refractivity contribution in [1.29, 1.82) is 0 Å². The fraction of sp³-hybridized carbons (Fsp3) is 0.500. The second-order valence-electron chi connectivity index (χ2n) is 4.04. The van der Waals surface area contributed by atoms with Crippen LogP contribution < -0.4 is 0 Å². The Labute approximate surface area is 116 Å². The number of aliphatic carboxylic acids is 1. The van der Waals surface area contributed by atoms with Crippen molar-refractivity contribution in [3.05, 3.63) is 21.7 Å². The third-order valence-corrected chi connectivity index (χ3v) is 5.33. The Bertz CT molecular complexity index is 573. The summed E-state index contributed by atoms with van der Waals surface area (Å²) in [6.07, 6.45) is 3.73. The van der Waals surface area contributed by atoms with E-state index in [4.69, 9.17) is 5.11 Å². The minimum absolute atomic E-state index is 0.0700. The number of thiazole rings is 1. The van der Waals surface area contributed by atoms with Gasteiger partial charge in [0, 0.05) is 6.08 Å². The quantitative estimate of drug-likeness (QED) is 0.780. The van der Waals surface area contributed by atoms with Crippen LogP contribution in [0.4, 0.5) is 0 Å². The Morgan fingerprint density at radius 2 is 2.11 bits per heavy atom. The van der Waals surface area contributed by atoms with E-state index in [9.17, 15) is 13.2 Å². The molecular weight excluding hydrogens is 286 g/mol. The van der Waals surface area contributed by atoms with E-state index in [1.165, 1.54) is 17.4 Å². The number of sulfone groups is 1. The Morgan fingerprint density at radius 3 is 2.63 bits per heavy atom. The average molecular weight is 303 g/mol. The Hall–Kier alpha value is -1.21. The molecule has 0 spiro atoms. The molecule has 0 saturated carbocycles. The summed E-state index contributed by atoms with van der Waals surface area (Å²) >= 11 is 1.24. The molecule has 106 valence electrons. The van der Waals surface area contributed by atoms with E-state index in [1.54, 1.807) is 0 Å². The van der Waals surface area contributed by atoms with Crippen LogP contribution in [0.3, 0.4) is 0 Å². The number of carbonyl (C=O) groups is 1. The molecule has 5 nitrogen and oxygen atoms in total. The fourth-order valence-corrected chi connectivity index (χ4v) is 4.41. The molecule has 0 aliphatic carbocycles. The van der Waals surface area contributed by atoms with E-state index in [2.05, 4.69) is 4.98 Å². The normalized spacial score (nSPS) is 12.1. The van der Waals surface area contributed by atoms with Crippen LogP contribution in [0.1, 0.15) is 35.8 Å². The smallest absolute Gasteiger partial charge is 0.328 e. The highest BCUT2D eigenvalue weighted by atomic mass is 32.2. The number of rotatable bonds is 7. The van der Waals surface area contributed by atoms with Gasteiger partial charge in [-0.2, -0.15) is 0 Å². The highest BCUT2D eigenvalue weighted by Crippen LogP contribution is 2.23. The largest absolute Gasteiger partial charge is 0.478 e. The maximum absolute atomic E-state index is 11.7. The molecular formula is C12H17NO4S2. The van der Waals surface area contributed by atoms with Gasteiger partial charge in [0.2, 0.25) is 0 Å². The summed E-state index contributed by atoms with van der Waals surface area (Å²) in [6, 6.07) is 0. The van der Waals surface area contributed by atoms with Gasteiger partial charge >= 0.3 is 5.97 Å². The number of hydrogen-bond acceptors (Lipinski definition) is 5.